The highest BCUT2D eigenvalue weighted by Gasteiger charge is 2.40. The molecule has 0 fully saturated rings. The molecule has 29 rings (SSSR count). The van der Waals surface area contributed by atoms with Gasteiger partial charge in [-0.25, -0.2) is 44.9 Å². The third-order valence-electron chi connectivity index (χ3n) is 29.8. The Labute approximate surface area is 830 Å². The number of furan rings is 3. The van der Waals surface area contributed by atoms with E-state index in [1.807, 2.05) is 91.0 Å². The van der Waals surface area contributed by atoms with Crippen molar-refractivity contribution in [3.05, 3.63) is 464 Å². The summed E-state index contributed by atoms with van der Waals surface area (Å²) in [5.41, 5.74) is 33.5. The lowest BCUT2D eigenvalue weighted by atomic mass is 9.82. The standard InChI is InChI=1S/C48H33N3O.C44H29N3O.C40H27N3O/c1-48(2)41-22-10-9-21-37(41)38-28-40-39-27-36(23-24-43(39)52-44(40)29-42(38)48)47-50-45(34-19-11-17-32(25-34)30-13-5-3-6-14-30)49-46(51-47)35-20-12-18-33(26-35)31-15-7-4-8-16-31;1-44(2)37-19-11-10-18-32(37)33-24-35-34-23-28(20-21-39(34)48-40(35)25-38(33)44)42-45-41(26-12-4-3-5-13-26)46-43(47-42)36-22-27-14-6-7-15-29(27)30-16-8-9-17-31(30)36;1-40(2)33-18-9-8-16-28(33)30-22-32-31-21-26(19-20-35(31)44-36(32)23-34(30)40)38-41-37(25-12-4-3-5-13-25)42-39(43-38)29-17-10-14-24-11-6-7-15-27(24)29/h3-29H,1-2H3;3-25H,1-2H3;3-23H,1-2H3. The summed E-state index contributed by atoms with van der Waals surface area (Å²) < 4.78 is 19.4. The van der Waals surface area contributed by atoms with E-state index in [0.717, 1.165) is 160 Å². The minimum Gasteiger partial charge on any atom is -0.456 e. The molecule has 12 heteroatoms. The Hall–Kier alpha value is -18.4. The van der Waals surface area contributed by atoms with Gasteiger partial charge in [0.25, 0.3) is 0 Å². The van der Waals surface area contributed by atoms with Crippen LogP contribution in [0.15, 0.2) is 444 Å². The molecule has 6 heterocycles. The first kappa shape index (κ1) is 84.9. The summed E-state index contributed by atoms with van der Waals surface area (Å²) in [6.45, 7) is 13.8. The molecule has 0 N–H and O–H groups in total. The van der Waals surface area contributed by atoms with Crippen LogP contribution in [0.1, 0.15) is 74.9 Å². The van der Waals surface area contributed by atoms with Crippen molar-refractivity contribution in [1.29, 1.82) is 0 Å². The van der Waals surface area contributed by atoms with Crippen molar-refractivity contribution < 1.29 is 13.3 Å². The van der Waals surface area contributed by atoms with E-state index in [0.29, 0.717) is 52.4 Å². The molecule has 0 unspecified atom stereocenters. The third kappa shape index (κ3) is 14.3. The molecule has 0 aliphatic heterocycles. The molecule has 12 nitrogen and oxygen atoms in total. The maximum Gasteiger partial charge on any atom is 0.164 e. The molecule has 0 radical (unpaired) electrons. The van der Waals surface area contributed by atoms with Gasteiger partial charge in [0, 0.05) is 98.6 Å². The lowest BCUT2D eigenvalue weighted by Crippen LogP contribution is -2.14. The first-order valence-electron chi connectivity index (χ1n) is 49.0. The van der Waals surface area contributed by atoms with Crippen LogP contribution in [0.4, 0.5) is 0 Å². The van der Waals surface area contributed by atoms with Gasteiger partial charge in [0.2, 0.25) is 0 Å². The lowest BCUT2D eigenvalue weighted by Gasteiger charge is -2.21. The molecule has 26 aromatic rings. The predicted octanol–water partition coefficient (Wildman–Crippen LogP) is 34.0. The summed E-state index contributed by atoms with van der Waals surface area (Å²) in [6.07, 6.45) is 0. The molecule has 0 atom stereocenters. The summed E-state index contributed by atoms with van der Waals surface area (Å²) in [5.74, 6) is 5.70. The van der Waals surface area contributed by atoms with Crippen LogP contribution in [-0.4, -0.2) is 44.9 Å². The molecule has 3 aliphatic rings. The maximum absolute atomic E-state index is 6.50. The van der Waals surface area contributed by atoms with Gasteiger partial charge in [-0.3, -0.25) is 0 Å². The van der Waals surface area contributed by atoms with Crippen molar-refractivity contribution in [3.63, 3.8) is 0 Å². The zero-order valence-corrected chi connectivity index (χ0v) is 79.7. The molecule has 3 aliphatic carbocycles. The summed E-state index contributed by atoms with van der Waals surface area (Å²) in [7, 11) is 0. The zero-order chi connectivity index (χ0) is 96.2. The van der Waals surface area contributed by atoms with Gasteiger partial charge in [-0.05, 0) is 231 Å². The van der Waals surface area contributed by atoms with E-state index in [9.17, 15) is 0 Å². The van der Waals surface area contributed by atoms with Crippen molar-refractivity contribution in [2.24, 2.45) is 0 Å². The Morgan fingerprint density at radius 2 is 0.410 bits per heavy atom. The summed E-state index contributed by atoms with van der Waals surface area (Å²) >= 11 is 0. The number of hydrogen-bond acceptors (Lipinski definition) is 12. The van der Waals surface area contributed by atoms with Gasteiger partial charge in [0.05, 0.1) is 0 Å². The number of hydrogen-bond donors (Lipinski definition) is 0. The molecule has 20 aromatic carbocycles. The van der Waals surface area contributed by atoms with E-state index >= 15 is 0 Å². The molecule has 0 bridgehead atoms. The SMILES string of the molecule is CC1(C)c2ccccc2-c2cc3c(cc21)oc1ccc(-c2nc(-c4cccc(-c5ccccc5)c4)nc(-c4cccc(-c5ccccc5)c4)n2)cc13.CC1(C)c2ccccc2-c2cc3c(cc21)oc1ccc(-c2nc(-c4ccccc4)nc(-c4cc5ccccc5c5ccccc45)n2)cc13.CC1(C)c2ccccc2-c2cc3c(cc21)oc1ccc(-c2nc(-c4ccccc4)nc(-c4cccc5ccccc45)n2)cc13. The van der Waals surface area contributed by atoms with Gasteiger partial charge < -0.3 is 13.3 Å². The molecule has 680 valence electrons. The first-order valence-corrected chi connectivity index (χ1v) is 49.0. The zero-order valence-electron chi connectivity index (χ0n) is 79.7. The van der Waals surface area contributed by atoms with Gasteiger partial charge in [-0.2, -0.15) is 0 Å². The fraction of sp³-hybridized carbons (Fsp3) is 0.0682. The third-order valence-corrected chi connectivity index (χ3v) is 29.8. The van der Waals surface area contributed by atoms with E-state index in [1.54, 1.807) is 0 Å². The van der Waals surface area contributed by atoms with Crippen LogP contribution in [0, 0.1) is 0 Å². The minimum atomic E-state index is -0.0996. The van der Waals surface area contributed by atoms with Crippen molar-refractivity contribution in [2.45, 2.75) is 57.8 Å². The number of benzene rings is 20. The largest absolute Gasteiger partial charge is 0.456 e. The second-order valence-corrected chi connectivity index (χ2v) is 39.4. The van der Waals surface area contributed by atoms with Crippen LogP contribution in [0.5, 0.6) is 0 Å². The minimum absolute atomic E-state index is 0.0824. The monoisotopic (exact) mass is 1850 g/mol. The molecular weight excluding hydrogens is 1760 g/mol. The fourth-order valence-corrected chi connectivity index (χ4v) is 22.4. The van der Waals surface area contributed by atoms with E-state index in [2.05, 4.69) is 381 Å². The second-order valence-electron chi connectivity index (χ2n) is 39.4. The van der Waals surface area contributed by atoms with Crippen LogP contribution < -0.4 is 0 Å². The van der Waals surface area contributed by atoms with Gasteiger partial charge in [-0.1, -0.05) is 363 Å². The van der Waals surface area contributed by atoms with Crippen LogP contribution in [0.3, 0.4) is 0 Å². The van der Waals surface area contributed by atoms with Crippen molar-refractivity contribution in [1.82, 2.24) is 44.9 Å². The highest BCUT2D eigenvalue weighted by Crippen LogP contribution is 2.55. The molecule has 0 amide bonds. The highest BCUT2D eigenvalue weighted by atomic mass is 16.3. The number of fused-ring (bicyclic) bond motifs is 22. The summed E-state index contributed by atoms with van der Waals surface area (Å²) in [6, 6.07) is 150. The van der Waals surface area contributed by atoms with Gasteiger partial charge in [0.1, 0.15) is 33.5 Å². The molecule has 144 heavy (non-hydrogen) atoms. The van der Waals surface area contributed by atoms with Crippen molar-refractivity contribution in [2.75, 3.05) is 0 Å². The molecule has 0 saturated heterocycles. The Kier molecular flexibility index (Phi) is 19.7. The second kappa shape index (κ2) is 33.4. The Morgan fingerprint density at radius 3 is 0.812 bits per heavy atom. The van der Waals surface area contributed by atoms with E-state index in [-0.39, 0.29) is 16.2 Å². The summed E-state index contributed by atoms with van der Waals surface area (Å²) in [5, 5.41) is 13.3. The fourth-order valence-electron chi connectivity index (χ4n) is 22.4. The molecular formula is C132H89N9O3. The van der Waals surface area contributed by atoms with E-state index < -0.39 is 0 Å². The predicted molar refractivity (Wildman–Crippen MR) is 586 cm³/mol. The number of nitrogens with zero attached hydrogens (tertiary/aromatic N) is 9. The number of rotatable bonds is 11. The topological polar surface area (TPSA) is 155 Å². The summed E-state index contributed by atoms with van der Waals surface area (Å²) in [4.78, 5) is 45.8. The van der Waals surface area contributed by atoms with E-state index in [4.69, 9.17) is 58.1 Å². The number of aromatic nitrogens is 9. The van der Waals surface area contributed by atoms with Gasteiger partial charge in [-0.15, -0.1) is 0 Å². The Balaban J connectivity index is 0.000000108. The molecule has 0 spiro atoms. The average molecular weight is 1850 g/mol. The van der Waals surface area contributed by atoms with Crippen LogP contribution >= 0.6 is 0 Å². The average Bonchev–Trinajstić information content (AvgIpc) is 1.57. The smallest absolute Gasteiger partial charge is 0.164 e. The molecule has 0 saturated carbocycles. The Morgan fingerprint density at radius 1 is 0.139 bits per heavy atom. The highest BCUT2D eigenvalue weighted by molar-refractivity contribution is 6.15. The maximum atomic E-state index is 6.50. The molecule has 6 aromatic heterocycles. The van der Waals surface area contributed by atoms with Crippen molar-refractivity contribution >= 4 is 98.1 Å². The first-order chi connectivity index (χ1) is 70.6. The Bertz CT molecular complexity index is 9660. The van der Waals surface area contributed by atoms with Crippen LogP contribution in [0.2, 0.25) is 0 Å². The van der Waals surface area contributed by atoms with Crippen LogP contribution in [0.25, 0.3) is 256 Å². The van der Waals surface area contributed by atoms with E-state index in [1.165, 1.54) is 77.5 Å². The normalized spacial score (nSPS) is 13.2. The lowest BCUT2D eigenvalue weighted by molar-refractivity contribution is 0.647. The quantitative estimate of drug-likeness (QED) is 0.113. The van der Waals surface area contributed by atoms with Gasteiger partial charge >= 0.3 is 0 Å². The van der Waals surface area contributed by atoms with Crippen molar-refractivity contribution in [3.8, 4) is 158 Å². The van der Waals surface area contributed by atoms with Gasteiger partial charge in [0.15, 0.2) is 52.4 Å². The van der Waals surface area contributed by atoms with Crippen LogP contribution in [-0.2, 0) is 16.2 Å².